The van der Waals surface area contributed by atoms with Gasteiger partial charge in [0, 0.05) is 24.8 Å². The van der Waals surface area contributed by atoms with Crippen LogP contribution in [-0.4, -0.2) is 25.2 Å². The first-order chi connectivity index (χ1) is 10.6. The lowest BCUT2D eigenvalue weighted by Crippen LogP contribution is -2.36. The van der Waals surface area contributed by atoms with Gasteiger partial charge in [0.15, 0.2) is 0 Å². The Bertz CT molecular complexity index is 770. The molecule has 0 radical (unpaired) electrons. The van der Waals surface area contributed by atoms with E-state index in [0.29, 0.717) is 29.9 Å². The van der Waals surface area contributed by atoms with Gasteiger partial charge in [0.05, 0.1) is 5.69 Å². The SMILES string of the molecule is C/N=C(/C(=O)N1CCc2ccc(F)cc21)c1ccccc1N. The number of para-hydroxylation sites is 1. The topological polar surface area (TPSA) is 58.7 Å². The number of hydrogen-bond acceptors (Lipinski definition) is 3. The first-order valence-electron chi connectivity index (χ1n) is 7.03. The Morgan fingerprint density at radius 2 is 2.05 bits per heavy atom. The van der Waals surface area contributed by atoms with Gasteiger partial charge in [-0.2, -0.15) is 0 Å². The fourth-order valence-electron chi connectivity index (χ4n) is 2.74. The van der Waals surface area contributed by atoms with Crippen molar-refractivity contribution in [3.05, 3.63) is 59.4 Å². The average molecular weight is 297 g/mol. The third kappa shape index (κ3) is 2.35. The number of nitrogens with two attached hydrogens (primary N) is 1. The van der Waals surface area contributed by atoms with Crippen LogP contribution < -0.4 is 10.6 Å². The summed E-state index contributed by atoms with van der Waals surface area (Å²) in [6.07, 6.45) is 0.711. The standard InChI is InChI=1S/C17H16FN3O/c1-20-16(13-4-2-3-5-14(13)19)17(22)21-9-8-11-6-7-12(18)10-15(11)21/h2-7,10H,8-9,19H2,1H3/b20-16+. The van der Waals surface area contributed by atoms with Crippen LogP contribution >= 0.6 is 0 Å². The summed E-state index contributed by atoms with van der Waals surface area (Å²) in [5.41, 5.74) is 8.90. The number of nitrogen functional groups attached to an aromatic ring is 1. The number of amides is 1. The minimum atomic E-state index is -0.354. The lowest BCUT2D eigenvalue weighted by Gasteiger charge is -2.19. The number of carbonyl (C=O) groups excluding carboxylic acids is 1. The zero-order valence-corrected chi connectivity index (χ0v) is 12.2. The van der Waals surface area contributed by atoms with Gasteiger partial charge in [-0.3, -0.25) is 9.79 Å². The second-order valence-corrected chi connectivity index (χ2v) is 5.14. The molecule has 0 saturated heterocycles. The van der Waals surface area contributed by atoms with Crippen LogP contribution in [0.1, 0.15) is 11.1 Å². The summed E-state index contributed by atoms with van der Waals surface area (Å²) in [5.74, 6) is -0.614. The molecule has 112 valence electrons. The van der Waals surface area contributed by atoms with E-state index in [4.69, 9.17) is 5.73 Å². The first-order valence-corrected chi connectivity index (χ1v) is 7.03. The van der Waals surface area contributed by atoms with Gasteiger partial charge in [0.25, 0.3) is 5.91 Å². The summed E-state index contributed by atoms with van der Waals surface area (Å²) in [5, 5.41) is 0. The van der Waals surface area contributed by atoms with E-state index >= 15 is 0 Å². The van der Waals surface area contributed by atoms with Gasteiger partial charge in [-0.1, -0.05) is 24.3 Å². The molecule has 0 bridgehead atoms. The minimum Gasteiger partial charge on any atom is -0.398 e. The van der Waals surface area contributed by atoms with Crippen molar-refractivity contribution in [1.29, 1.82) is 0 Å². The molecule has 0 saturated carbocycles. The van der Waals surface area contributed by atoms with Crippen molar-refractivity contribution >= 4 is 23.0 Å². The van der Waals surface area contributed by atoms with Gasteiger partial charge < -0.3 is 10.6 Å². The maximum atomic E-state index is 13.5. The molecule has 4 nitrogen and oxygen atoms in total. The number of halogens is 1. The van der Waals surface area contributed by atoms with Crippen molar-refractivity contribution < 1.29 is 9.18 Å². The number of anilines is 2. The van der Waals surface area contributed by atoms with E-state index in [9.17, 15) is 9.18 Å². The van der Waals surface area contributed by atoms with Crippen LogP contribution in [0, 0.1) is 5.82 Å². The summed E-state index contributed by atoms with van der Waals surface area (Å²) >= 11 is 0. The fraction of sp³-hybridized carbons (Fsp3) is 0.176. The molecular formula is C17H16FN3O. The van der Waals surface area contributed by atoms with E-state index in [1.165, 1.54) is 12.1 Å². The van der Waals surface area contributed by atoms with Crippen LogP contribution in [0.2, 0.25) is 0 Å². The zero-order valence-electron chi connectivity index (χ0n) is 12.2. The number of aliphatic imine (C=N–C) groups is 1. The molecule has 2 aromatic carbocycles. The Morgan fingerprint density at radius 3 is 2.77 bits per heavy atom. The molecule has 2 N–H and O–H groups in total. The summed E-state index contributed by atoms with van der Waals surface area (Å²) in [6.45, 7) is 0.517. The maximum Gasteiger partial charge on any atom is 0.277 e. The molecule has 1 amide bonds. The predicted octanol–water partition coefficient (Wildman–Crippen LogP) is 2.42. The van der Waals surface area contributed by atoms with Crippen LogP contribution in [0.25, 0.3) is 0 Å². The lowest BCUT2D eigenvalue weighted by atomic mass is 10.1. The summed E-state index contributed by atoms with van der Waals surface area (Å²) in [4.78, 5) is 18.5. The van der Waals surface area contributed by atoms with Crippen LogP contribution in [0.3, 0.4) is 0 Å². The van der Waals surface area contributed by atoms with Crippen molar-refractivity contribution in [3.63, 3.8) is 0 Å². The highest BCUT2D eigenvalue weighted by Gasteiger charge is 2.29. The molecular weight excluding hydrogens is 281 g/mol. The second kappa shape index (κ2) is 5.60. The number of rotatable bonds is 2. The van der Waals surface area contributed by atoms with Crippen molar-refractivity contribution in [1.82, 2.24) is 0 Å². The molecule has 0 aliphatic carbocycles. The van der Waals surface area contributed by atoms with Crippen LogP contribution in [0.4, 0.5) is 15.8 Å². The molecule has 0 spiro atoms. The zero-order chi connectivity index (χ0) is 15.7. The van der Waals surface area contributed by atoms with Crippen LogP contribution in [0.5, 0.6) is 0 Å². The number of benzene rings is 2. The molecule has 5 heteroatoms. The Morgan fingerprint density at radius 1 is 1.27 bits per heavy atom. The lowest BCUT2D eigenvalue weighted by molar-refractivity contribution is -0.112. The largest absolute Gasteiger partial charge is 0.398 e. The Labute approximate surface area is 128 Å². The molecule has 0 fully saturated rings. The normalized spacial score (nSPS) is 14.1. The third-order valence-corrected chi connectivity index (χ3v) is 3.83. The van der Waals surface area contributed by atoms with Gasteiger partial charge in [0.1, 0.15) is 11.5 Å². The van der Waals surface area contributed by atoms with Crippen molar-refractivity contribution in [2.45, 2.75) is 6.42 Å². The molecule has 22 heavy (non-hydrogen) atoms. The van der Waals surface area contributed by atoms with Crippen LogP contribution in [0.15, 0.2) is 47.5 Å². The average Bonchev–Trinajstić information content (AvgIpc) is 2.92. The van der Waals surface area contributed by atoms with E-state index in [0.717, 1.165) is 5.56 Å². The number of fused-ring (bicyclic) bond motifs is 1. The summed E-state index contributed by atoms with van der Waals surface area (Å²) < 4.78 is 13.5. The van der Waals surface area contributed by atoms with Crippen molar-refractivity contribution in [2.75, 3.05) is 24.2 Å². The van der Waals surface area contributed by atoms with E-state index < -0.39 is 0 Å². The van der Waals surface area contributed by atoms with Gasteiger partial charge in [-0.05, 0) is 30.2 Å². The minimum absolute atomic E-state index is 0.259. The van der Waals surface area contributed by atoms with E-state index in [1.807, 2.05) is 6.07 Å². The highest BCUT2D eigenvalue weighted by Crippen LogP contribution is 2.29. The van der Waals surface area contributed by atoms with Crippen molar-refractivity contribution in [2.24, 2.45) is 4.99 Å². The predicted molar refractivity (Wildman–Crippen MR) is 85.8 cm³/mol. The first kappa shape index (κ1) is 14.3. The fourth-order valence-corrected chi connectivity index (χ4v) is 2.74. The summed E-state index contributed by atoms with van der Waals surface area (Å²) in [6, 6.07) is 11.6. The highest BCUT2D eigenvalue weighted by molar-refractivity contribution is 6.50. The molecule has 0 unspecified atom stereocenters. The Kier molecular flexibility index (Phi) is 3.63. The monoisotopic (exact) mass is 297 g/mol. The molecule has 3 rings (SSSR count). The van der Waals surface area contributed by atoms with Crippen molar-refractivity contribution in [3.8, 4) is 0 Å². The third-order valence-electron chi connectivity index (χ3n) is 3.83. The number of hydrogen-bond donors (Lipinski definition) is 1. The number of carbonyl (C=O) groups is 1. The maximum absolute atomic E-state index is 13.5. The number of nitrogens with zero attached hydrogens (tertiary/aromatic N) is 2. The Hall–Kier alpha value is -2.69. The molecule has 0 atom stereocenters. The van der Waals surface area contributed by atoms with Crippen LogP contribution in [-0.2, 0) is 11.2 Å². The van der Waals surface area contributed by atoms with Gasteiger partial charge in [0.2, 0.25) is 0 Å². The van der Waals surface area contributed by atoms with Gasteiger partial charge >= 0.3 is 0 Å². The summed E-state index contributed by atoms with van der Waals surface area (Å²) in [7, 11) is 1.56. The molecule has 1 heterocycles. The van der Waals surface area contributed by atoms with E-state index in [-0.39, 0.29) is 17.4 Å². The quantitative estimate of drug-likeness (QED) is 0.683. The Balaban J connectivity index is 1.99. The highest BCUT2D eigenvalue weighted by atomic mass is 19.1. The molecule has 1 aliphatic heterocycles. The van der Waals surface area contributed by atoms with Gasteiger partial charge in [-0.25, -0.2) is 4.39 Å². The smallest absolute Gasteiger partial charge is 0.277 e. The van der Waals surface area contributed by atoms with E-state index in [2.05, 4.69) is 4.99 Å². The van der Waals surface area contributed by atoms with Gasteiger partial charge in [-0.15, -0.1) is 0 Å². The molecule has 1 aliphatic rings. The second-order valence-electron chi connectivity index (χ2n) is 5.14. The molecule has 0 aromatic heterocycles. The van der Waals surface area contributed by atoms with E-state index in [1.54, 1.807) is 36.2 Å². The molecule has 2 aromatic rings.